The molecule has 0 saturated heterocycles. The van der Waals surface area contributed by atoms with E-state index in [0.717, 1.165) is 61.6 Å². The Labute approximate surface area is 168 Å². The number of aryl methyl sites for hydroxylation is 3. The van der Waals surface area contributed by atoms with Crippen molar-refractivity contribution in [2.24, 2.45) is 0 Å². The molecule has 1 atom stereocenters. The van der Waals surface area contributed by atoms with Gasteiger partial charge in [0, 0.05) is 38.3 Å². The zero-order chi connectivity index (χ0) is 19.6. The van der Waals surface area contributed by atoms with Crippen LogP contribution in [0.1, 0.15) is 53.9 Å². The Hall–Kier alpha value is -3.10. The Morgan fingerprint density at radius 3 is 3.10 bits per heavy atom. The van der Waals surface area contributed by atoms with Crippen molar-refractivity contribution in [1.82, 2.24) is 35.1 Å². The van der Waals surface area contributed by atoms with Gasteiger partial charge in [-0.3, -0.25) is 9.78 Å². The molecule has 5 rings (SSSR count). The number of hydrogen-bond acceptors (Lipinski definition) is 7. The van der Waals surface area contributed by atoms with E-state index in [1.54, 1.807) is 10.9 Å². The third-order valence-corrected chi connectivity index (χ3v) is 5.72. The minimum atomic E-state index is -0.272. The summed E-state index contributed by atoms with van der Waals surface area (Å²) in [7, 11) is 0. The SMILES string of the molecule is O=C(C1CCCCn2nnnc21)N1CCc2oc(CCc3cccnc3)nc2C1. The number of carbonyl (C=O) groups is 1. The van der Waals surface area contributed by atoms with Crippen LogP contribution in [0.5, 0.6) is 0 Å². The summed E-state index contributed by atoms with van der Waals surface area (Å²) >= 11 is 0. The third-order valence-electron chi connectivity index (χ3n) is 5.72. The van der Waals surface area contributed by atoms with Gasteiger partial charge >= 0.3 is 0 Å². The number of aromatic nitrogens is 6. The molecule has 3 aromatic heterocycles. The molecule has 0 N–H and O–H groups in total. The number of carbonyl (C=O) groups excluding carboxylic acids is 1. The number of nitrogens with zero attached hydrogens (tertiary/aromatic N) is 7. The second-order valence-corrected chi connectivity index (χ2v) is 7.66. The summed E-state index contributed by atoms with van der Waals surface area (Å²) in [6.45, 7) is 1.91. The first-order valence-electron chi connectivity index (χ1n) is 10.2. The average Bonchev–Trinajstić information content (AvgIpc) is 3.34. The van der Waals surface area contributed by atoms with Gasteiger partial charge in [-0.2, -0.15) is 0 Å². The van der Waals surface area contributed by atoms with E-state index in [-0.39, 0.29) is 11.8 Å². The first kappa shape index (κ1) is 18.0. The van der Waals surface area contributed by atoms with Gasteiger partial charge in [-0.1, -0.05) is 12.5 Å². The molecule has 150 valence electrons. The van der Waals surface area contributed by atoms with Gasteiger partial charge in [-0.15, -0.1) is 5.10 Å². The first-order valence-corrected chi connectivity index (χ1v) is 10.2. The lowest BCUT2D eigenvalue weighted by atomic mass is 9.99. The lowest BCUT2D eigenvalue weighted by molar-refractivity contribution is -0.134. The maximum Gasteiger partial charge on any atom is 0.233 e. The first-order chi connectivity index (χ1) is 14.3. The van der Waals surface area contributed by atoms with Crippen LogP contribution in [0.25, 0.3) is 0 Å². The molecular formula is C20H23N7O2. The van der Waals surface area contributed by atoms with Crippen molar-refractivity contribution in [2.75, 3.05) is 6.54 Å². The summed E-state index contributed by atoms with van der Waals surface area (Å²) in [4.78, 5) is 23.9. The molecule has 2 aliphatic rings. The number of oxazole rings is 1. The summed E-state index contributed by atoms with van der Waals surface area (Å²) < 4.78 is 7.73. The standard InChI is InChI=1S/C20H23N7O2/c28-20(15-5-1-2-10-27-19(15)23-24-25-27)26-11-8-17-16(13-26)22-18(29-17)7-6-14-4-3-9-21-12-14/h3-4,9,12,15H,1-2,5-8,10-11,13H2. The van der Waals surface area contributed by atoms with Crippen molar-refractivity contribution in [3.8, 4) is 0 Å². The fourth-order valence-corrected chi connectivity index (χ4v) is 4.16. The van der Waals surface area contributed by atoms with Gasteiger partial charge in [0.25, 0.3) is 0 Å². The molecule has 1 amide bonds. The molecule has 0 aliphatic carbocycles. The van der Waals surface area contributed by atoms with Crippen molar-refractivity contribution >= 4 is 5.91 Å². The molecule has 0 aromatic carbocycles. The Kier molecular flexibility index (Phi) is 4.79. The topological polar surface area (TPSA) is 103 Å². The molecular weight excluding hydrogens is 370 g/mol. The van der Waals surface area contributed by atoms with Gasteiger partial charge in [0.05, 0.1) is 12.5 Å². The molecule has 0 bridgehead atoms. The highest BCUT2D eigenvalue weighted by molar-refractivity contribution is 5.83. The molecule has 1 unspecified atom stereocenters. The van der Waals surface area contributed by atoms with Crippen molar-refractivity contribution in [3.63, 3.8) is 0 Å². The molecule has 3 aromatic rings. The third kappa shape index (κ3) is 3.64. The van der Waals surface area contributed by atoms with E-state index in [2.05, 4.69) is 31.6 Å². The molecule has 29 heavy (non-hydrogen) atoms. The minimum absolute atomic E-state index is 0.0912. The highest BCUT2D eigenvalue weighted by Gasteiger charge is 2.34. The Balaban J connectivity index is 1.27. The van der Waals surface area contributed by atoms with Crippen LogP contribution in [-0.2, 0) is 37.1 Å². The van der Waals surface area contributed by atoms with Crippen molar-refractivity contribution in [2.45, 2.75) is 57.5 Å². The van der Waals surface area contributed by atoms with Crippen LogP contribution in [0.3, 0.4) is 0 Å². The second-order valence-electron chi connectivity index (χ2n) is 7.66. The highest BCUT2D eigenvalue weighted by Crippen LogP contribution is 2.29. The van der Waals surface area contributed by atoms with Crippen molar-refractivity contribution in [1.29, 1.82) is 0 Å². The second kappa shape index (κ2) is 7.73. The lowest BCUT2D eigenvalue weighted by Crippen LogP contribution is -2.39. The molecule has 0 radical (unpaired) electrons. The molecule has 0 spiro atoms. The number of tetrazole rings is 1. The van der Waals surface area contributed by atoms with Gasteiger partial charge in [0.1, 0.15) is 11.5 Å². The number of fused-ring (bicyclic) bond motifs is 2. The van der Waals surface area contributed by atoms with Crippen LogP contribution in [0.2, 0.25) is 0 Å². The minimum Gasteiger partial charge on any atom is -0.445 e. The summed E-state index contributed by atoms with van der Waals surface area (Å²) in [5, 5.41) is 11.9. The Morgan fingerprint density at radius 2 is 2.21 bits per heavy atom. The van der Waals surface area contributed by atoms with E-state index < -0.39 is 0 Å². The fourth-order valence-electron chi connectivity index (χ4n) is 4.16. The zero-order valence-corrected chi connectivity index (χ0v) is 16.2. The summed E-state index contributed by atoms with van der Waals surface area (Å²) in [6.07, 6.45) is 8.66. The van der Waals surface area contributed by atoms with Gasteiger partial charge in [0.2, 0.25) is 5.91 Å². The van der Waals surface area contributed by atoms with Crippen LogP contribution in [0.4, 0.5) is 0 Å². The quantitative estimate of drug-likeness (QED) is 0.664. The highest BCUT2D eigenvalue weighted by atomic mass is 16.4. The summed E-state index contributed by atoms with van der Waals surface area (Å²) in [5.74, 6) is 2.14. The van der Waals surface area contributed by atoms with Crippen LogP contribution in [-0.4, -0.2) is 47.5 Å². The van der Waals surface area contributed by atoms with Crippen molar-refractivity contribution in [3.05, 3.63) is 53.3 Å². The number of rotatable bonds is 4. The predicted molar refractivity (Wildman–Crippen MR) is 102 cm³/mol. The van der Waals surface area contributed by atoms with Gasteiger partial charge < -0.3 is 9.32 Å². The van der Waals surface area contributed by atoms with E-state index in [4.69, 9.17) is 4.42 Å². The molecule has 9 heteroatoms. The Bertz CT molecular complexity index is 997. The predicted octanol–water partition coefficient (Wildman–Crippen LogP) is 1.69. The number of pyridine rings is 1. The van der Waals surface area contributed by atoms with Crippen LogP contribution >= 0.6 is 0 Å². The van der Waals surface area contributed by atoms with E-state index in [1.165, 1.54) is 0 Å². The number of amides is 1. The van der Waals surface area contributed by atoms with E-state index in [9.17, 15) is 4.79 Å². The van der Waals surface area contributed by atoms with E-state index in [1.807, 2.05) is 17.2 Å². The molecule has 0 fully saturated rings. The van der Waals surface area contributed by atoms with Crippen molar-refractivity contribution < 1.29 is 9.21 Å². The largest absolute Gasteiger partial charge is 0.445 e. The molecule has 2 aliphatic heterocycles. The van der Waals surface area contributed by atoms with E-state index >= 15 is 0 Å². The van der Waals surface area contributed by atoms with Gasteiger partial charge in [-0.05, 0) is 41.3 Å². The summed E-state index contributed by atoms with van der Waals surface area (Å²) in [6, 6.07) is 3.99. The smallest absolute Gasteiger partial charge is 0.233 e. The van der Waals surface area contributed by atoms with Crippen LogP contribution in [0.15, 0.2) is 28.9 Å². The monoisotopic (exact) mass is 393 g/mol. The number of hydrogen-bond donors (Lipinski definition) is 0. The Morgan fingerprint density at radius 1 is 1.24 bits per heavy atom. The normalized spacial score (nSPS) is 18.8. The molecule has 5 heterocycles. The van der Waals surface area contributed by atoms with Gasteiger partial charge in [0.15, 0.2) is 11.7 Å². The maximum absolute atomic E-state index is 13.2. The molecule has 0 saturated carbocycles. The lowest BCUT2D eigenvalue weighted by Gasteiger charge is -2.28. The fraction of sp³-hybridized carbons (Fsp3) is 0.500. The van der Waals surface area contributed by atoms with Gasteiger partial charge in [-0.25, -0.2) is 9.67 Å². The molecule has 9 nitrogen and oxygen atoms in total. The van der Waals surface area contributed by atoms with E-state index in [0.29, 0.717) is 25.3 Å². The zero-order valence-electron chi connectivity index (χ0n) is 16.2. The maximum atomic E-state index is 13.2. The summed E-state index contributed by atoms with van der Waals surface area (Å²) in [5.41, 5.74) is 2.03. The van der Waals surface area contributed by atoms with Crippen LogP contribution < -0.4 is 0 Å². The van der Waals surface area contributed by atoms with Crippen LogP contribution in [0, 0.1) is 0 Å². The average molecular weight is 393 g/mol.